The van der Waals surface area contributed by atoms with Gasteiger partial charge in [0.05, 0.1) is 0 Å². The number of para-hydroxylation sites is 1. The fourth-order valence-electron chi connectivity index (χ4n) is 1.70. The van der Waals surface area contributed by atoms with Crippen LogP contribution in [0.5, 0.6) is 0 Å². The lowest BCUT2D eigenvalue weighted by molar-refractivity contribution is 0.760. The second-order valence-electron chi connectivity index (χ2n) is 3.56. The highest BCUT2D eigenvalue weighted by Gasteiger charge is 2.05. The Kier molecular flexibility index (Phi) is 4.47. The van der Waals surface area contributed by atoms with Crippen LogP contribution in [0.3, 0.4) is 0 Å². The fourth-order valence-corrected chi connectivity index (χ4v) is 1.70. The standard InChI is InChI=1S/C12H20N2/c1-3-9-14(10-8-13)12-7-5-4-6-11(12)2/h4-7H,3,8-10,13H2,1-2H3. The predicted octanol–water partition coefficient (Wildman–Crippen LogP) is 2.17. The van der Waals surface area contributed by atoms with Crippen LogP contribution < -0.4 is 10.6 Å². The van der Waals surface area contributed by atoms with Crippen LogP contribution >= 0.6 is 0 Å². The van der Waals surface area contributed by atoms with Gasteiger partial charge in [-0.05, 0) is 25.0 Å². The third-order valence-corrected chi connectivity index (χ3v) is 2.35. The van der Waals surface area contributed by atoms with E-state index < -0.39 is 0 Å². The molecule has 0 aliphatic heterocycles. The van der Waals surface area contributed by atoms with Crippen LogP contribution in [0.2, 0.25) is 0 Å². The van der Waals surface area contributed by atoms with Crippen LogP contribution in [0.4, 0.5) is 5.69 Å². The lowest BCUT2D eigenvalue weighted by atomic mass is 10.1. The molecular weight excluding hydrogens is 172 g/mol. The molecule has 0 spiro atoms. The normalized spacial score (nSPS) is 10.2. The number of hydrogen-bond acceptors (Lipinski definition) is 2. The first kappa shape index (κ1) is 11.1. The van der Waals surface area contributed by atoms with Crippen molar-refractivity contribution in [3.8, 4) is 0 Å². The number of hydrogen-bond donors (Lipinski definition) is 1. The largest absolute Gasteiger partial charge is 0.370 e. The van der Waals surface area contributed by atoms with Gasteiger partial charge in [-0.3, -0.25) is 0 Å². The molecular formula is C12H20N2. The quantitative estimate of drug-likeness (QED) is 0.774. The maximum atomic E-state index is 5.61. The molecule has 2 N–H and O–H groups in total. The molecule has 2 nitrogen and oxygen atoms in total. The summed E-state index contributed by atoms with van der Waals surface area (Å²) in [4.78, 5) is 2.36. The second-order valence-corrected chi connectivity index (χ2v) is 3.56. The summed E-state index contributed by atoms with van der Waals surface area (Å²) in [5.41, 5.74) is 8.25. The monoisotopic (exact) mass is 192 g/mol. The maximum Gasteiger partial charge on any atom is 0.0396 e. The van der Waals surface area contributed by atoms with E-state index in [9.17, 15) is 0 Å². The van der Waals surface area contributed by atoms with Crippen LogP contribution in [-0.2, 0) is 0 Å². The van der Waals surface area contributed by atoms with Gasteiger partial charge >= 0.3 is 0 Å². The van der Waals surface area contributed by atoms with Crippen molar-refractivity contribution in [1.82, 2.24) is 0 Å². The van der Waals surface area contributed by atoms with Crippen LogP contribution in [0, 0.1) is 6.92 Å². The molecule has 1 rings (SSSR count). The molecule has 0 amide bonds. The molecule has 0 aliphatic carbocycles. The first-order valence-corrected chi connectivity index (χ1v) is 5.30. The SMILES string of the molecule is CCCN(CCN)c1ccccc1C. The van der Waals surface area contributed by atoms with Crippen LogP contribution in [0.1, 0.15) is 18.9 Å². The Morgan fingerprint density at radius 1 is 1.21 bits per heavy atom. The van der Waals surface area contributed by atoms with Crippen LogP contribution in [-0.4, -0.2) is 19.6 Å². The average Bonchev–Trinajstić information content (AvgIpc) is 2.18. The van der Waals surface area contributed by atoms with Crippen molar-refractivity contribution < 1.29 is 0 Å². The van der Waals surface area contributed by atoms with Gasteiger partial charge in [-0.15, -0.1) is 0 Å². The Hall–Kier alpha value is -1.02. The van der Waals surface area contributed by atoms with Crippen molar-refractivity contribution in [2.75, 3.05) is 24.5 Å². The second kappa shape index (κ2) is 5.66. The van der Waals surface area contributed by atoms with Crippen molar-refractivity contribution in [1.29, 1.82) is 0 Å². The third kappa shape index (κ3) is 2.74. The minimum atomic E-state index is 0.717. The zero-order chi connectivity index (χ0) is 10.4. The van der Waals surface area contributed by atoms with Gasteiger partial charge in [0.25, 0.3) is 0 Å². The molecule has 0 bridgehead atoms. The molecule has 78 valence electrons. The Morgan fingerprint density at radius 3 is 2.50 bits per heavy atom. The lowest BCUT2D eigenvalue weighted by Gasteiger charge is -2.25. The van der Waals surface area contributed by atoms with E-state index >= 15 is 0 Å². The molecule has 0 aliphatic rings. The first-order valence-electron chi connectivity index (χ1n) is 5.30. The molecule has 0 fully saturated rings. The number of anilines is 1. The number of benzene rings is 1. The summed E-state index contributed by atoms with van der Waals surface area (Å²) in [5, 5.41) is 0. The topological polar surface area (TPSA) is 29.3 Å². The van der Waals surface area contributed by atoms with E-state index in [2.05, 4.69) is 43.0 Å². The molecule has 0 atom stereocenters. The van der Waals surface area contributed by atoms with Crippen molar-refractivity contribution in [2.45, 2.75) is 20.3 Å². The molecule has 0 unspecified atom stereocenters. The van der Waals surface area contributed by atoms with E-state index in [1.165, 1.54) is 11.3 Å². The number of rotatable bonds is 5. The van der Waals surface area contributed by atoms with Gasteiger partial charge in [0.1, 0.15) is 0 Å². The fraction of sp³-hybridized carbons (Fsp3) is 0.500. The molecule has 0 radical (unpaired) electrons. The predicted molar refractivity (Wildman–Crippen MR) is 62.7 cm³/mol. The van der Waals surface area contributed by atoms with Crippen molar-refractivity contribution >= 4 is 5.69 Å². The minimum absolute atomic E-state index is 0.717. The van der Waals surface area contributed by atoms with Gasteiger partial charge in [-0.1, -0.05) is 25.1 Å². The molecule has 0 heterocycles. The van der Waals surface area contributed by atoms with E-state index in [0.717, 1.165) is 19.5 Å². The van der Waals surface area contributed by atoms with Gasteiger partial charge in [-0.2, -0.15) is 0 Å². The first-order chi connectivity index (χ1) is 6.79. The van der Waals surface area contributed by atoms with E-state index in [-0.39, 0.29) is 0 Å². The zero-order valence-electron chi connectivity index (χ0n) is 9.16. The molecule has 0 aromatic heterocycles. The zero-order valence-corrected chi connectivity index (χ0v) is 9.16. The van der Waals surface area contributed by atoms with Crippen LogP contribution in [0.25, 0.3) is 0 Å². The highest BCUT2D eigenvalue weighted by molar-refractivity contribution is 5.52. The summed E-state index contributed by atoms with van der Waals surface area (Å²) in [6.45, 7) is 7.09. The summed E-state index contributed by atoms with van der Waals surface area (Å²) >= 11 is 0. The third-order valence-electron chi connectivity index (χ3n) is 2.35. The maximum absolute atomic E-state index is 5.61. The molecule has 14 heavy (non-hydrogen) atoms. The summed E-state index contributed by atoms with van der Waals surface area (Å²) in [5.74, 6) is 0. The Balaban J connectivity index is 2.81. The van der Waals surface area contributed by atoms with Gasteiger partial charge in [-0.25, -0.2) is 0 Å². The number of nitrogens with two attached hydrogens (primary N) is 1. The Labute approximate surface area is 86.7 Å². The molecule has 1 aromatic rings. The molecule has 0 saturated carbocycles. The summed E-state index contributed by atoms with van der Waals surface area (Å²) < 4.78 is 0. The van der Waals surface area contributed by atoms with E-state index in [4.69, 9.17) is 5.73 Å². The summed E-state index contributed by atoms with van der Waals surface area (Å²) in [6, 6.07) is 8.47. The molecule has 1 aromatic carbocycles. The Morgan fingerprint density at radius 2 is 1.93 bits per heavy atom. The van der Waals surface area contributed by atoms with Gasteiger partial charge in [0.2, 0.25) is 0 Å². The average molecular weight is 192 g/mol. The van der Waals surface area contributed by atoms with E-state index in [1.54, 1.807) is 0 Å². The minimum Gasteiger partial charge on any atom is -0.370 e. The van der Waals surface area contributed by atoms with Crippen molar-refractivity contribution in [3.05, 3.63) is 29.8 Å². The highest BCUT2D eigenvalue weighted by atomic mass is 15.1. The Bertz CT molecular complexity index is 265. The van der Waals surface area contributed by atoms with Crippen molar-refractivity contribution in [3.63, 3.8) is 0 Å². The van der Waals surface area contributed by atoms with Crippen LogP contribution in [0.15, 0.2) is 24.3 Å². The van der Waals surface area contributed by atoms with Crippen molar-refractivity contribution in [2.24, 2.45) is 5.73 Å². The van der Waals surface area contributed by atoms with Gasteiger partial charge in [0.15, 0.2) is 0 Å². The summed E-state index contributed by atoms with van der Waals surface area (Å²) in [6.07, 6.45) is 1.16. The molecule has 0 saturated heterocycles. The lowest BCUT2D eigenvalue weighted by Crippen LogP contribution is -2.30. The van der Waals surface area contributed by atoms with Gasteiger partial charge in [0, 0.05) is 25.3 Å². The highest BCUT2D eigenvalue weighted by Crippen LogP contribution is 2.18. The number of nitrogens with zero attached hydrogens (tertiary/aromatic N) is 1. The van der Waals surface area contributed by atoms with E-state index in [1.807, 2.05) is 0 Å². The van der Waals surface area contributed by atoms with E-state index in [0.29, 0.717) is 6.54 Å². The van der Waals surface area contributed by atoms with Gasteiger partial charge < -0.3 is 10.6 Å². The smallest absolute Gasteiger partial charge is 0.0396 e. The number of aryl methyl sites for hydroxylation is 1. The summed E-state index contributed by atoms with van der Waals surface area (Å²) in [7, 11) is 0. The molecule has 2 heteroatoms.